The third-order valence-corrected chi connectivity index (χ3v) is 7.54. The Morgan fingerprint density at radius 3 is 2.97 bits per heavy atom. The van der Waals surface area contributed by atoms with Crippen molar-refractivity contribution < 1.29 is 19.0 Å². The molecular formula is C22H23FN6O4S. The van der Waals surface area contributed by atoms with E-state index in [2.05, 4.69) is 15.2 Å². The number of thiazole rings is 1. The molecule has 0 aliphatic carbocycles. The van der Waals surface area contributed by atoms with E-state index in [1.807, 2.05) is 10.3 Å². The first kappa shape index (κ1) is 21.2. The lowest BCUT2D eigenvalue weighted by Crippen LogP contribution is -2.51. The van der Waals surface area contributed by atoms with E-state index >= 15 is 4.39 Å². The van der Waals surface area contributed by atoms with Gasteiger partial charge in [-0.15, -0.1) is 11.3 Å². The Morgan fingerprint density at radius 1 is 1.35 bits per heavy atom. The number of carbonyl (C=O) groups is 1. The second kappa shape index (κ2) is 7.84. The fourth-order valence-corrected chi connectivity index (χ4v) is 5.90. The largest absolute Gasteiger partial charge is 0.477 e. The smallest absolute Gasteiger partial charge is 0.341 e. The number of aromatic nitrogens is 2. The first-order valence-electron chi connectivity index (χ1n) is 11.0. The molecule has 178 valence electrons. The molecule has 12 heteroatoms. The molecule has 1 aromatic carbocycles. The summed E-state index contributed by atoms with van der Waals surface area (Å²) in [5.74, 6) is -1.65. The monoisotopic (exact) mass is 486 g/mol. The summed E-state index contributed by atoms with van der Waals surface area (Å²) in [7, 11) is 1.72. The minimum atomic E-state index is -1.35. The van der Waals surface area contributed by atoms with Crippen molar-refractivity contribution in [2.24, 2.45) is 0 Å². The van der Waals surface area contributed by atoms with Crippen molar-refractivity contribution in [3.63, 3.8) is 0 Å². The number of carboxylic acid groups (broad SMARTS) is 1. The topological polar surface area (TPSA) is 103 Å². The number of benzene rings is 1. The van der Waals surface area contributed by atoms with Crippen molar-refractivity contribution in [3.05, 3.63) is 45.4 Å². The van der Waals surface area contributed by atoms with Gasteiger partial charge >= 0.3 is 5.97 Å². The molecule has 0 saturated carbocycles. The maximum atomic E-state index is 15.5. The Labute approximate surface area is 197 Å². The van der Waals surface area contributed by atoms with E-state index in [9.17, 15) is 14.7 Å². The number of hydrogen-bond acceptors (Lipinski definition) is 9. The fourth-order valence-electron chi connectivity index (χ4n) is 5.29. The summed E-state index contributed by atoms with van der Waals surface area (Å²) in [6.07, 6.45) is 3.98. The molecule has 2 aromatic heterocycles. The van der Waals surface area contributed by atoms with Gasteiger partial charge in [-0.1, -0.05) is 0 Å². The molecule has 3 aromatic rings. The van der Waals surface area contributed by atoms with Crippen LogP contribution in [0.5, 0.6) is 5.75 Å². The Hall–Kier alpha value is -3.38. The average molecular weight is 487 g/mol. The summed E-state index contributed by atoms with van der Waals surface area (Å²) in [5, 5.41) is 17.4. The van der Waals surface area contributed by atoms with Gasteiger partial charge < -0.3 is 20.1 Å². The fraction of sp³-hybridized carbons (Fsp3) is 0.409. The predicted molar refractivity (Wildman–Crippen MR) is 126 cm³/mol. The second-order valence-electron chi connectivity index (χ2n) is 8.89. The van der Waals surface area contributed by atoms with Crippen LogP contribution in [0.25, 0.3) is 10.9 Å². The van der Waals surface area contributed by atoms with Gasteiger partial charge in [0.05, 0.1) is 5.39 Å². The average Bonchev–Trinajstić information content (AvgIpc) is 3.46. The number of ether oxygens (including phenoxy) is 1. The van der Waals surface area contributed by atoms with Gasteiger partial charge in [0.25, 0.3) is 0 Å². The van der Waals surface area contributed by atoms with Gasteiger partial charge in [-0.3, -0.25) is 19.4 Å². The normalized spacial score (nSPS) is 22.1. The number of nitrogens with one attached hydrogen (secondary N) is 1. The predicted octanol–water partition coefficient (Wildman–Crippen LogP) is 1.59. The minimum absolute atomic E-state index is 0.00471. The number of aromatic carboxylic acids is 1. The molecule has 2 N–H and O–H groups in total. The van der Waals surface area contributed by atoms with Crippen molar-refractivity contribution in [2.75, 3.05) is 55.2 Å². The van der Waals surface area contributed by atoms with Crippen LogP contribution in [-0.4, -0.2) is 77.7 Å². The van der Waals surface area contributed by atoms with Gasteiger partial charge in [-0.25, -0.2) is 14.2 Å². The van der Waals surface area contributed by atoms with Crippen molar-refractivity contribution in [1.29, 1.82) is 0 Å². The van der Waals surface area contributed by atoms with E-state index in [4.69, 9.17) is 4.74 Å². The number of hydrogen-bond donors (Lipinski definition) is 2. The summed E-state index contributed by atoms with van der Waals surface area (Å²) >= 11 is 1.57. The highest BCUT2D eigenvalue weighted by Crippen LogP contribution is 2.41. The molecule has 1 unspecified atom stereocenters. The lowest BCUT2D eigenvalue weighted by molar-refractivity contribution is 0.0694. The van der Waals surface area contributed by atoms with E-state index in [1.54, 1.807) is 34.3 Å². The zero-order valence-corrected chi connectivity index (χ0v) is 19.2. The molecule has 2 fully saturated rings. The molecule has 10 nitrogen and oxygen atoms in total. The Kier molecular flexibility index (Phi) is 4.88. The van der Waals surface area contributed by atoms with E-state index < -0.39 is 22.8 Å². The maximum Gasteiger partial charge on any atom is 0.341 e. The second-order valence-corrected chi connectivity index (χ2v) is 9.79. The van der Waals surface area contributed by atoms with E-state index in [0.29, 0.717) is 24.3 Å². The van der Waals surface area contributed by atoms with Gasteiger partial charge in [-0.2, -0.15) is 0 Å². The summed E-state index contributed by atoms with van der Waals surface area (Å²) in [6.45, 7) is 3.03. The van der Waals surface area contributed by atoms with Gasteiger partial charge in [0.15, 0.2) is 23.4 Å². The molecule has 3 aliphatic heterocycles. The zero-order chi connectivity index (χ0) is 23.6. The van der Waals surface area contributed by atoms with Crippen LogP contribution in [0.4, 0.5) is 15.2 Å². The van der Waals surface area contributed by atoms with Crippen molar-refractivity contribution in [2.45, 2.75) is 18.5 Å². The van der Waals surface area contributed by atoms with Crippen LogP contribution in [0.3, 0.4) is 0 Å². The lowest BCUT2D eigenvalue weighted by Gasteiger charge is -2.40. The third-order valence-electron chi connectivity index (χ3n) is 6.84. The Morgan fingerprint density at radius 2 is 2.21 bits per heavy atom. The van der Waals surface area contributed by atoms with Crippen molar-refractivity contribution >= 4 is 39.0 Å². The number of pyridine rings is 1. The number of carboxylic acids is 1. The molecule has 3 aliphatic rings. The van der Waals surface area contributed by atoms with Gasteiger partial charge in [0.1, 0.15) is 16.8 Å². The number of halogens is 1. The highest BCUT2D eigenvalue weighted by Gasteiger charge is 2.39. The third kappa shape index (κ3) is 3.28. The quantitative estimate of drug-likeness (QED) is 0.569. The molecule has 6 rings (SSSR count). The minimum Gasteiger partial charge on any atom is -0.477 e. The Balaban J connectivity index is 1.36. The molecular weight excluding hydrogens is 463 g/mol. The molecule has 0 amide bonds. The van der Waals surface area contributed by atoms with Crippen molar-refractivity contribution in [1.82, 2.24) is 14.6 Å². The molecule has 0 radical (unpaired) electrons. The van der Waals surface area contributed by atoms with Crippen LogP contribution >= 0.6 is 11.3 Å². The number of rotatable bonds is 4. The number of fused-ring (bicyclic) bond motifs is 1. The lowest BCUT2D eigenvalue weighted by atomic mass is 10.1. The molecule has 0 spiro atoms. The zero-order valence-electron chi connectivity index (χ0n) is 18.4. The molecule has 0 bridgehead atoms. The summed E-state index contributed by atoms with van der Waals surface area (Å²) < 4.78 is 23.0. The number of piperazine rings is 1. The van der Waals surface area contributed by atoms with E-state index in [0.717, 1.165) is 30.7 Å². The van der Waals surface area contributed by atoms with Gasteiger partial charge in [0, 0.05) is 63.1 Å². The van der Waals surface area contributed by atoms with Crippen LogP contribution in [0.15, 0.2) is 28.6 Å². The first-order chi connectivity index (χ1) is 16.4. The van der Waals surface area contributed by atoms with Crippen molar-refractivity contribution in [3.8, 4) is 5.75 Å². The SMILES string of the molecule is CN1COc2c(N3CCN4C[C@@H](Nc5nccs5)CC4C3)c(F)cc3c(=O)c(C(=O)O)cn1c23. The van der Waals surface area contributed by atoms with Gasteiger partial charge in [0.2, 0.25) is 5.43 Å². The maximum absolute atomic E-state index is 15.5. The summed E-state index contributed by atoms with van der Waals surface area (Å²) in [4.78, 5) is 33.1. The van der Waals surface area contributed by atoms with Gasteiger partial charge in [-0.05, 0) is 12.5 Å². The highest BCUT2D eigenvalue weighted by molar-refractivity contribution is 7.13. The Bertz CT molecular complexity index is 1350. The molecule has 5 heterocycles. The molecule has 2 saturated heterocycles. The highest BCUT2D eigenvalue weighted by atomic mass is 32.1. The standard InChI is InChI=1S/C22H23FN6O4S/c1-26-11-33-20-17-14(19(30)15(21(31)32)10-29(17)26)7-16(23)18(20)28-4-3-27-8-12(6-13(27)9-28)25-22-24-2-5-34-22/h2,5,7,10,12-13H,3-4,6,8-9,11H2,1H3,(H,24,25)(H,31,32)/t12-,13?/m0/s1. The van der Waals surface area contributed by atoms with Crippen LogP contribution in [0.2, 0.25) is 0 Å². The summed E-state index contributed by atoms with van der Waals surface area (Å²) in [5.41, 5.74) is -0.413. The van der Waals surface area contributed by atoms with E-state index in [1.165, 1.54) is 6.20 Å². The van der Waals surface area contributed by atoms with Crippen LogP contribution in [-0.2, 0) is 0 Å². The van der Waals surface area contributed by atoms with Crippen LogP contribution < -0.4 is 25.4 Å². The molecule has 34 heavy (non-hydrogen) atoms. The summed E-state index contributed by atoms with van der Waals surface area (Å²) in [6, 6.07) is 1.67. The van der Waals surface area contributed by atoms with Crippen LogP contribution in [0, 0.1) is 5.82 Å². The first-order valence-corrected chi connectivity index (χ1v) is 11.9. The van der Waals surface area contributed by atoms with E-state index in [-0.39, 0.29) is 30.0 Å². The van der Waals surface area contributed by atoms with Crippen LogP contribution in [0.1, 0.15) is 16.8 Å². The number of anilines is 2. The number of nitrogens with zero attached hydrogens (tertiary/aromatic N) is 5. The molecule has 2 atom stereocenters.